The van der Waals surface area contributed by atoms with Gasteiger partial charge in [-0.2, -0.15) is 0 Å². The van der Waals surface area contributed by atoms with Crippen LogP contribution in [0.25, 0.3) is 0 Å². The van der Waals surface area contributed by atoms with Gasteiger partial charge in [0.1, 0.15) is 5.54 Å². The number of halogens is 1. The Labute approximate surface area is 227 Å². The van der Waals surface area contributed by atoms with Gasteiger partial charge in [0.2, 0.25) is 5.91 Å². The number of carbonyl (C=O) groups excluding carboxylic acids is 1. The minimum atomic E-state index is -0.601. The molecule has 1 aliphatic carbocycles. The molecule has 5 aromatic rings. The highest BCUT2D eigenvalue weighted by Crippen LogP contribution is 2.48. The first-order valence-corrected chi connectivity index (χ1v) is 13.3. The fourth-order valence-corrected chi connectivity index (χ4v) is 5.56. The minimum absolute atomic E-state index is 0.0646. The van der Waals surface area contributed by atoms with Gasteiger partial charge in [0, 0.05) is 29.6 Å². The van der Waals surface area contributed by atoms with Crippen LogP contribution in [0.3, 0.4) is 0 Å². The van der Waals surface area contributed by atoms with E-state index in [-0.39, 0.29) is 17.7 Å². The molecule has 0 radical (unpaired) electrons. The second-order valence-electron chi connectivity index (χ2n) is 9.81. The van der Waals surface area contributed by atoms with Gasteiger partial charge >= 0.3 is 0 Å². The van der Waals surface area contributed by atoms with Crippen molar-refractivity contribution >= 4 is 17.5 Å². The zero-order valence-corrected chi connectivity index (χ0v) is 21.6. The SMILES string of the molecule is O=C(NCc1ccc(Cl)cc1)[C@H]1C[C@@H]1c1cn(C(c2ccccc2)(c2ccccc2)c2ccccc2)cn1. The summed E-state index contributed by atoms with van der Waals surface area (Å²) in [7, 11) is 0. The molecule has 5 heteroatoms. The lowest BCUT2D eigenvalue weighted by Crippen LogP contribution is -2.36. The highest BCUT2D eigenvalue weighted by atomic mass is 35.5. The van der Waals surface area contributed by atoms with Crippen LogP contribution < -0.4 is 5.32 Å². The monoisotopic (exact) mass is 517 g/mol. The predicted molar refractivity (Wildman–Crippen MR) is 151 cm³/mol. The summed E-state index contributed by atoms with van der Waals surface area (Å²) in [5.74, 6) is 0.117. The van der Waals surface area contributed by atoms with E-state index in [9.17, 15) is 4.79 Å². The minimum Gasteiger partial charge on any atom is -0.352 e. The van der Waals surface area contributed by atoms with E-state index < -0.39 is 5.54 Å². The smallest absolute Gasteiger partial charge is 0.224 e. The van der Waals surface area contributed by atoms with Crippen LogP contribution in [0.4, 0.5) is 0 Å². The van der Waals surface area contributed by atoms with Gasteiger partial charge in [-0.25, -0.2) is 4.98 Å². The third-order valence-corrected chi connectivity index (χ3v) is 7.70. The first-order valence-electron chi connectivity index (χ1n) is 12.9. The van der Waals surface area contributed by atoms with Crippen molar-refractivity contribution in [3.63, 3.8) is 0 Å². The van der Waals surface area contributed by atoms with Crippen LogP contribution in [0.15, 0.2) is 128 Å². The largest absolute Gasteiger partial charge is 0.352 e. The second-order valence-corrected chi connectivity index (χ2v) is 10.2. The lowest BCUT2D eigenvalue weighted by Gasteiger charge is -2.37. The second kappa shape index (κ2) is 10.3. The van der Waals surface area contributed by atoms with Crippen molar-refractivity contribution in [2.24, 2.45) is 5.92 Å². The van der Waals surface area contributed by atoms with E-state index in [2.05, 4.69) is 88.9 Å². The predicted octanol–water partition coefficient (Wildman–Crippen LogP) is 6.80. The summed E-state index contributed by atoms with van der Waals surface area (Å²) < 4.78 is 2.21. The molecule has 1 amide bonds. The van der Waals surface area contributed by atoms with Gasteiger partial charge in [0.25, 0.3) is 0 Å². The van der Waals surface area contributed by atoms with E-state index in [4.69, 9.17) is 16.6 Å². The zero-order chi connectivity index (χ0) is 26.0. The average molecular weight is 518 g/mol. The van der Waals surface area contributed by atoms with Crippen molar-refractivity contribution < 1.29 is 4.79 Å². The molecular weight excluding hydrogens is 490 g/mol. The molecule has 2 atom stereocenters. The van der Waals surface area contributed by atoms with E-state index in [1.807, 2.05) is 48.8 Å². The molecule has 1 N–H and O–H groups in total. The molecule has 0 saturated heterocycles. The van der Waals surface area contributed by atoms with E-state index in [1.165, 1.54) is 0 Å². The van der Waals surface area contributed by atoms with Gasteiger partial charge in [-0.1, -0.05) is 115 Å². The van der Waals surface area contributed by atoms with Crippen LogP contribution in [-0.4, -0.2) is 15.5 Å². The van der Waals surface area contributed by atoms with Gasteiger partial charge in [0.15, 0.2) is 0 Å². The van der Waals surface area contributed by atoms with Crippen LogP contribution >= 0.6 is 11.6 Å². The number of nitrogens with one attached hydrogen (secondary N) is 1. The van der Waals surface area contributed by atoms with Gasteiger partial charge in [-0.15, -0.1) is 0 Å². The molecule has 0 aliphatic heterocycles. The quantitative estimate of drug-likeness (QED) is 0.230. The number of benzene rings is 4. The summed E-state index contributed by atoms with van der Waals surface area (Å²) in [6.07, 6.45) is 4.85. The molecule has 0 bridgehead atoms. The number of imidazole rings is 1. The van der Waals surface area contributed by atoms with Crippen molar-refractivity contribution in [2.45, 2.75) is 24.4 Å². The molecule has 4 nitrogen and oxygen atoms in total. The Morgan fingerprint density at radius 3 is 1.87 bits per heavy atom. The van der Waals surface area contributed by atoms with E-state index >= 15 is 0 Å². The number of nitrogens with zero attached hydrogens (tertiary/aromatic N) is 2. The Bertz CT molecular complexity index is 1420. The topological polar surface area (TPSA) is 46.9 Å². The van der Waals surface area contributed by atoms with Crippen molar-refractivity contribution in [2.75, 3.05) is 0 Å². The maximum absolute atomic E-state index is 12.9. The maximum Gasteiger partial charge on any atom is 0.224 e. The number of carbonyl (C=O) groups is 1. The summed E-state index contributed by atoms with van der Waals surface area (Å²) in [6.45, 7) is 0.493. The van der Waals surface area contributed by atoms with E-state index in [1.54, 1.807) is 0 Å². The van der Waals surface area contributed by atoms with Gasteiger partial charge in [-0.3, -0.25) is 4.79 Å². The number of aromatic nitrogens is 2. The highest BCUT2D eigenvalue weighted by Gasteiger charge is 2.46. The van der Waals surface area contributed by atoms with Crippen LogP contribution in [0.1, 0.15) is 40.3 Å². The lowest BCUT2D eigenvalue weighted by molar-refractivity contribution is -0.122. The Kier molecular flexibility index (Phi) is 6.57. The lowest BCUT2D eigenvalue weighted by atomic mass is 9.77. The van der Waals surface area contributed by atoms with E-state index in [0.29, 0.717) is 11.6 Å². The molecule has 1 fully saturated rings. The number of hydrogen-bond acceptors (Lipinski definition) is 2. The number of rotatable bonds is 8. The summed E-state index contributed by atoms with van der Waals surface area (Å²) in [5, 5.41) is 3.77. The third-order valence-electron chi connectivity index (χ3n) is 7.45. The van der Waals surface area contributed by atoms with Gasteiger partial charge in [-0.05, 0) is 40.8 Å². The molecule has 38 heavy (non-hydrogen) atoms. The first-order chi connectivity index (χ1) is 18.7. The summed E-state index contributed by atoms with van der Waals surface area (Å²) in [4.78, 5) is 17.8. The molecule has 4 aromatic carbocycles. The molecule has 0 unspecified atom stereocenters. The maximum atomic E-state index is 12.9. The van der Waals surface area contributed by atoms with Crippen LogP contribution in [0.5, 0.6) is 0 Å². The Balaban J connectivity index is 1.32. The van der Waals surface area contributed by atoms with Gasteiger partial charge in [0.05, 0.1) is 12.0 Å². The summed E-state index contributed by atoms with van der Waals surface area (Å²) >= 11 is 5.98. The normalized spacial score (nSPS) is 16.7. The van der Waals surface area contributed by atoms with Gasteiger partial charge < -0.3 is 9.88 Å². The van der Waals surface area contributed by atoms with Crippen LogP contribution in [0, 0.1) is 5.92 Å². The molecule has 1 heterocycles. The summed E-state index contributed by atoms with van der Waals surface area (Å²) in [6, 6.07) is 39.2. The fourth-order valence-electron chi connectivity index (χ4n) is 5.43. The molecule has 188 valence electrons. The standard InChI is InChI=1S/C33H28ClN3O/c34-28-18-16-24(17-19-28)21-35-32(38)30-20-29(30)31-22-37(23-36-31)33(25-10-4-1-5-11-25,26-12-6-2-7-13-26)27-14-8-3-9-15-27/h1-19,22-23,29-30H,20-21H2,(H,35,38)/t29-,30-/m0/s1. The molecule has 1 aromatic heterocycles. The zero-order valence-electron chi connectivity index (χ0n) is 20.9. The van der Waals surface area contributed by atoms with Crippen molar-refractivity contribution in [1.82, 2.24) is 14.9 Å². The van der Waals surface area contributed by atoms with E-state index in [0.717, 1.165) is 34.4 Å². The molecule has 6 rings (SSSR count). The average Bonchev–Trinajstić information content (AvgIpc) is 3.63. The fraction of sp³-hybridized carbons (Fsp3) is 0.152. The molecule has 0 spiro atoms. The summed E-state index contributed by atoms with van der Waals surface area (Å²) in [5.41, 5.74) is 4.82. The number of amides is 1. The molecule has 1 saturated carbocycles. The van der Waals surface area contributed by atoms with Crippen molar-refractivity contribution in [1.29, 1.82) is 0 Å². The molecular formula is C33H28ClN3O. The Morgan fingerprint density at radius 2 is 1.34 bits per heavy atom. The van der Waals surface area contributed by atoms with Crippen molar-refractivity contribution in [3.8, 4) is 0 Å². The third kappa shape index (κ3) is 4.52. The molecule has 1 aliphatic rings. The Morgan fingerprint density at radius 1 is 0.816 bits per heavy atom. The van der Waals surface area contributed by atoms with Crippen molar-refractivity contribution in [3.05, 3.63) is 161 Å². The van der Waals surface area contributed by atoms with Crippen LogP contribution in [0.2, 0.25) is 5.02 Å². The Hall–Kier alpha value is -4.15. The first kappa shape index (κ1) is 24.2. The number of hydrogen-bond donors (Lipinski definition) is 1. The van der Waals surface area contributed by atoms with Crippen LogP contribution in [-0.2, 0) is 16.9 Å². The highest BCUT2D eigenvalue weighted by molar-refractivity contribution is 6.30.